The SMILES string of the molecule is COCCNC(=O)CN1C(=O)CS[C@@H](c2ccsc2)c2c(C(C)(C)C)nn(-c3ccc(C)cc3C)c21. The van der Waals surface area contributed by atoms with E-state index in [4.69, 9.17) is 9.84 Å². The second-order valence-corrected chi connectivity index (χ2v) is 12.0. The third kappa shape index (κ3) is 5.38. The summed E-state index contributed by atoms with van der Waals surface area (Å²) < 4.78 is 6.95. The van der Waals surface area contributed by atoms with Crippen molar-refractivity contribution in [2.75, 3.05) is 37.5 Å². The molecule has 1 aliphatic heterocycles. The largest absolute Gasteiger partial charge is 0.383 e. The van der Waals surface area contributed by atoms with Gasteiger partial charge in [0.2, 0.25) is 11.8 Å². The number of hydrogen-bond acceptors (Lipinski definition) is 6. The zero-order valence-corrected chi connectivity index (χ0v) is 23.4. The number of hydrogen-bond donors (Lipinski definition) is 1. The van der Waals surface area contributed by atoms with E-state index in [9.17, 15) is 9.59 Å². The highest BCUT2D eigenvalue weighted by molar-refractivity contribution is 8.00. The van der Waals surface area contributed by atoms with E-state index in [0.717, 1.165) is 33.6 Å². The number of thioether (sulfide) groups is 1. The van der Waals surface area contributed by atoms with Crippen LogP contribution in [0.3, 0.4) is 0 Å². The fraction of sp³-hybridized carbons (Fsp3) is 0.444. The van der Waals surface area contributed by atoms with E-state index in [0.29, 0.717) is 19.0 Å². The number of fused-ring (bicyclic) bond motifs is 1. The third-order valence-electron chi connectivity index (χ3n) is 6.16. The van der Waals surface area contributed by atoms with Crippen LogP contribution in [0, 0.1) is 13.8 Å². The van der Waals surface area contributed by atoms with Gasteiger partial charge in [0.15, 0.2) is 0 Å². The van der Waals surface area contributed by atoms with Crippen LogP contribution in [-0.2, 0) is 19.7 Å². The molecule has 9 heteroatoms. The normalized spacial score (nSPS) is 16.1. The molecule has 192 valence electrons. The van der Waals surface area contributed by atoms with Crippen molar-refractivity contribution >= 4 is 40.7 Å². The topological polar surface area (TPSA) is 76.5 Å². The lowest BCUT2D eigenvalue weighted by atomic mass is 9.87. The predicted octanol–water partition coefficient (Wildman–Crippen LogP) is 4.78. The number of methoxy groups -OCH3 is 1. The van der Waals surface area contributed by atoms with Gasteiger partial charge in [-0.2, -0.15) is 16.4 Å². The van der Waals surface area contributed by atoms with Gasteiger partial charge in [-0.05, 0) is 47.9 Å². The molecule has 1 atom stereocenters. The van der Waals surface area contributed by atoms with Gasteiger partial charge in [0.1, 0.15) is 12.4 Å². The number of aryl methyl sites for hydroxylation is 2. The minimum atomic E-state index is -0.275. The molecule has 0 aliphatic carbocycles. The maximum atomic E-state index is 13.6. The number of rotatable bonds is 7. The molecule has 0 saturated carbocycles. The molecule has 1 N–H and O–H groups in total. The van der Waals surface area contributed by atoms with Crippen LogP contribution >= 0.6 is 23.1 Å². The van der Waals surface area contributed by atoms with Crippen LogP contribution in [0.4, 0.5) is 5.82 Å². The van der Waals surface area contributed by atoms with E-state index in [1.54, 1.807) is 35.1 Å². The summed E-state index contributed by atoms with van der Waals surface area (Å²) in [4.78, 5) is 28.2. The molecule has 0 spiro atoms. The molecule has 0 bridgehead atoms. The molecule has 1 aromatic carbocycles. The first-order chi connectivity index (χ1) is 17.1. The highest BCUT2D eigenvalue weighted by Gasteiger charge is 2.40. The first-order valence-electron chi connectivity index (χ1n) is 12.0. The lowest BCUT2D eigenvalue weighted by molar-refractivity contribution is -0.123. The maximum absolute atomic E-state index is 13.6. The number of nitrogens with one attached hydrogen (secondary N) is 1. The van der Waals surface area contributed by atoms with E-state index >= 15 is 0 Å². The zero-order valence-electron chi connectivity index (χ0n) is 21.8. The molecule has 0 saturated heterocycles. The highest BCUT2D eigenvalue weighted by Crippen LogP contribution is 2.48. The van der Waals surface area contributed by atoms with E-state index in [1.165, 1.54) is 0 Å². The average Bonchev–Trinajstić information content (AvgIpc) is 3.44. The fourth-order valence-electron chi connectivity index (χ4n) is 4.46. The molecule has 3 heterocycles. The quantitative estimate of drug-likeness (QED) is 0.449. The molecule has 7 nitrogen and oxygen atoms in total. The van der Waals surface area contributed by atoms with Gasteiger partial charge in [0, 0.05) is 24.6 Å². The Hall–Kier alpha value is -2.62. The molecule has 0 fully saturated rings. The standard InChI is InChI=1S/C27H34N4O3S2/c1-17-7-8-20(18(2)13-17)31-26-23(25(29-31)27(3,4)5)24(19-9-12-35-15-19)36-16-22(33)30(26)14-21(32)28-10-11-34-6/h7-9,12-13,15,24H,10-11,14,16H2,1-6H3,(H,28,32)/t24-/m0/s1. The monoisotopic (exact) mass is 526 g/mol. The van der Waals surface area contributed by atoms with Gasteiger partial charge in [-0.1, -0.05) is 38.5 Å². The van der Waals surface area contributed by atoms with Crippen molar-refractivity contribution in [3.8, 4) is 5.69 Å². The number of anilines is 1. The van der Waals surface area contributed by atoms with Gasteiger partial charge in [-0.3, -0.25) is 14.5 Å². The van der Waals surface area contributed by atoms with Gasteiger partial charge >= 0.3 is 0 Å². The van der Waals surface area contributed by atoms with Crippen molar-refractivity contribution in [1.82, 2.24) is 15.1 Å². The van der Waals surface area contributed by atoms with Crippen molar-refractivity contribution in [3.05, 3.63) is 63.0 Å². The Kier molecular flexibility index (Phi) is 7.92. The second kappa shape index (κ2) is 10.8. The van der Waals surface area contributed by atoms with Crippen LogP contribution in [0.15, 0.2) is 35.0 Å². The number of amides is 2. The zero-order chi connectivity index (χ0) is 26.0. The first kappa shape index (κ1) is 26.4. The Balaban J connectivity index is 1.96. The summed E-state index contributed by atoms with van der Waals surface area (Å²) in [7, 11) is 1.59. The van der Waals surface area contributed by atoms with Gasteiger partial charge in [-0.15, -0.1) is 11.8 Å². The Bertz CT molecular complexity index is 1240. The molecule has 0 radical (unpaired) electrons. The van der Waals surface area contributed by atoms with Crippen LogP contribution in [0.1, 0.15) is 54.0 Å². The summed E-state index contributed by atoms with van der Waals surface area (Å²) in [6.07, 6.45) is 0. The summed E-state index contributed by atoms with van der Waals surface area (Å²) in [6, 6.07) is 8.33. The number of nitrogens with zero attached hydrogens (tertiary/aromatic N) is 3. The molecule has 4 rings (SSSR count). The summed E-state index contributed by atoms with van der Waals surface area (Å²) in [6.45, 7) is 11.3. The lowest BCUT2D eigenvalue weighted by Crippen LogP contribution is -2.43. The summed E-state index contributed by atoms with van der Waals surface area (Å²) >= 11 is 3.24. The molecular formula is C27H34N4O3S2. The number of aromatic nitrogens is 2. The van der Waals surface area contributed by atoms with Crippen LogP contribution in [-0.4, -0.2) is 54.2 Å². The van der Waals surface area contributed by atoms with Crippen molar-refractivity contribution in [2.45, 2.75) is 45.3 Å². The molecule has 1 aliphatic rings. The molecule has 2 aromatic heterocycles. The average molecular weight is 527 g/mol. The minimum Gasteiger partial charge on any atom is -0.383 e. The molecule has 3 aromatic rings. The number of ether oxygens (including phenoxy) is 1. The van der Waals surface area contributed by atoms with Crippen molar-refractivity contribution < 1.29 is 14.3 Å². The Morgan fingerprint density at radius 2 is 2.03 bits per heavy atom. The minimum absolute atomic E-state index is 0.0644. The van der Waals surface area contributed by atoms with Crippen molar-refractivity contribution in [3.63, 3.8) is 0 Å². The fourth-order valence-corrected chi connectivity index (χ4v) is 6.42. The number of benzene rings is 1. The van der Waals surface area contributed by atoms with Crippen LogP contribution in [0.5, 0.6) is 0 Å². The Labute approximate surface area is 221 Å². The Morgan fingerprint density at radius 1 is 1.25 bits per heavy atom. The number of carbonyl (C=O) groups is 2. The summed E-state index contributed by atoms with van der Waals surface area (Å²) in [5.74, 6) is 0.625. The van der Waals surface area contributed by atoms with Gasteiger partial charge in [0.25, 0.3) is 0 Å². The van der Waals surface area contributed by atoms with E-state index < -0.39 is 0 Å². The second-order valence-electron chi connectivity index (χ2n) is 10.1. The smallest absolute Gasteiger partial charge is 0.240 e. The molecule has 0 unspecified atom stereocenters. The molecule has 2 amide bonds. The lowest BCUT2D eigenvalue weighted by Gasteiger charge is -2.24. The maximum Gasteiger partial charge on any atom is 0.240 e. The van der Waals surface area contributed by atoms with Gasteiger partial charge in [0.05, 0.1) is 29.0 Å². The van der Waals surface area contributed by atoms with E-state index in [-0.39, 0.29) is 34.8 Å². The predicted molar refractivity (Wildman–Crippen MR) is 148 cm³/mol. The first-order valence-corrected chi connectivity index (χ1v) is 14.0. The van der Waals surface area contributed by atoms with Crippen LogP contribution in [0.2, 0.25) is 0 Å². The van der Waals surface area contributed by atoms with Crippen molar-refractivity contribution in [2.24, 2.45) is 0 Å². The molecular weight excluding hydrogens is 492 g/mol. The van der Waals surface area contributed by atoms with E-state index in [1.807, 2.05) is 10.7 Å². The van der Waals surface area contributed by atoms with Gasteiger partial charge < -0.3 is 10.1 Å². The van der Waals surface area contributed by atoms with Gasteiger partial charge in [-0.25, -0.2) is 4.68 Å². The van der Waals surface area contributed by atoms with Crippen LogP contribution < -0.4 is 10.2 Å². The summed E-state index contributed by atoms with van der Waals surface area (Å²) in [5.41, 5.74) is 5.92. The highest BCUT2D eigenvalue weighted by atomic mass is 32.2. The Morgan fingerprint density at radius 3 is 2.67 bits per heavy atom. The number of carbonyl (C=O) groups excluding carboxylic acids is 2. The van der Waals surface area contributed by atoms with Crippen LogP contribution in [0.25, 0.3) is 5.69 Å². The van der Waals surface area contributed by atoms with Crippen molar-refractivity contribution in [1.29, 1.82) is 0 Å². The molecule has 36 heavy (non-hydrogen) atoms. The van der Waals surface area contributed by atoms with E-state index in [2.05, 4.69) is 68.9 Å². The third-order valence-corrected chi connectivity index (χ3v) is 8.11. The summed E-state index contributed by atoms with van der Waals surface area (Å²) in [5, 5.41) is 12.2. The number of thiophene rings is 1.